The lowest BCUT2D eigenvalue weighted by Crippen LogP contribution is -2.42. The van der Waals surface area contributed by atoms with Crippen molar-refractivity contribution in [3.8, 4) is 0 Å². The minimum absolute atomic E-state index is 0.0753. The molecule has 0 unspecified atom stereocenters. The Hall–Kier alpha value is -1.14. The fourth-order valence-electron chi connectivity index (χ4n) is 2.38. The molecular formula is C13H21N3O2S. The van der Waals surface area contributed by atoms with E-state index in [9.17, 15) is 8.42 Å². The second kappa shape index (κ2) is 5.09. The lowest BCUT2D eigenvalue weighted by Gasteiger charge is -2.38. The van der Waals surface area contributed by atoms with Crippen molar-refractivity contribution in [2.45, 2.75) is 38.0 Å². The van der Waals surface area contributed by atoms with Gasteiger partial charge < -0.3 is 5.73 Å². The summed E-state index contributed by atoms with van der Waals surface area (Å²) in [5.74, 6) is 0.0753. The minimum atomic E-state index is -3.51. The molecule has 1 aromatic rings. The highest BCUT2D eigenvalue weighted by Gasteiger charge is 2.35. The third kappa shape index (κ3) is 2.74. The molecule has 0 atom stereocenters. The van der Waals surface area contributed by atoms with Crippen LogP contribution < -0.4 is 5.73 Å². The fraction of sp³-hybridized carbons (Fsp3) is 0.615. The van der Waals surface area contributed by atoms with E-state index in [-0.39, 0.29) is 16.1 Å². The smallest absolute Gasteiger partial charge is 0.246 e. The Kier molecular flexibility index (Phi) is 3.82. The third-order valence-corrected chi connectivity index (χ3v) is 6.15. The number of rotatable bonds is 3. The molecule has 0 aliphatic carbocycles. The predicted molar refractivity (Wildman–Crippen MR) is 75.0 cm³/mol. The van der Waals surface area contributed by atoms with Crippen molar-refractivity contribution in [1.82, 2.24) is 9.29 Å². The molecule has 6 heteroatoms. The van der Waals surface area contributed by atoms with Gasteiger partial charge in [-0.2, -0.15) is 4.31 Å². The molecule has 0 saturated carbocycles. The van der Waals surface area contributed by atoms with Gasteiger partial charge in [-0.1, -0.05) is 20.3 Å². The second-order valence-electron chi connectivity index (χ2n) is 5.46. The van der Waals surface area contributed by atoms with Crippen molar-refractivity contribution in [2.75, 3.05) is 18.8 Å². The second-order valence-corrected chi connectivity index (χ2v) is 7.36. The Balaban J connectivity index is 2.22. The van der Waals surface area contributed by atoms with Crippen molar-refractivity contribution < 1.29 is 8.42 Å². The SMILES string of the molecule is CCC1(C)CCN(S(=O)(=O)c2cccnc2N)CC1. The van der Waals surface area contributed by atoms with E-state index in [0.717, 1.165) is 19.3 Å². The van der Waals surface area contributed by atoms with Crippen LogP contribution in [0.4, 0.5) is 5.82 Å². The maximum Gasteiger partial charge on any atom is 0.246 e. The van der Waals surface area contributed by atoms with Gasteiger partial charge in [0.2, 0.25) is 10.0 Å². The number of pyridine rings is 1. The molecule has 1 aliphatic rings. The zero-order chi connectivity index (χ0) is 14.1. The average Bonchev–Trinajstić information content (AvgIpc) is 2.39. The van der Waals surface area contributed by atoms with Crippen LogP contribution in [-0.2, 0) is 10.0 Å². The van der Waals surface area contributed by atoms with E-state index >= 15 is 0 Å². The van der Waals surface area contributed by atoms with Gasteiger partial charge >= 0.3 is 0 Å². The van der Waals surface area contributed by atoms with Gasteiger partial charge in [0.15, 0.2) is 0 Å². The number of hydrogen-bond donors (Lipinski definition) is 1. The standard InChI is InChI=1S/C13H21N3O2S/c1-3-13(2)6-9-16(10-7-13)19(17,18)11-5-4-8-15-12(11)14/h4-5,8H,3,6-7,9-10H2,1-2H3,(H2,14,15). The molecule has 0 aromatic carbocycles. The Bertz CT molecular complexity index is 549. The van der Waals surface area contributed by atoms with Gasteiger partial charge in [-0.25, -0.2) is 13.4 Å². The molecule has 0 bridgehead atoms. The van der Waals surface area contributed by atoms with E-state index in [1.54, 1.807) is 6.07 Å². The number of aromatic nitrogens is 1. The maximum absolute atomic E-state index is 12.5. The monoisotopic (exact) mass is 283 g/mol. The Labute approximate surface area is 114 Å². The molecule has 0 spiro atoms. The maximum atomic E-state index is 12.5. The van der Waals surface area contributed by atoms with Crippen molar-refractivity contribution in [2.24, 2.45) is 5.41 Å². The quantitative estimate of drug-likeness (QED) is 0.918. The van der Waals surface area contributed by atoms with Gasteiger partial charge in [0.05, 0.1) is 0 Å². The van der Waals surface area contributed by atoms with Gasteiger partial charge in [0, 0.05) is 19.3 Å². The summed E-state index contributed by atoms with van der Waals surface area (Å²) in [6, 6.07) is 3.12. The van der Waals surface area contributed by atoms with Crippen molar-refractivity contribution in [3.05, 3.63) is 18.3 Å². The number of anilines is 1. The van der Waals surface area contributed by atoms with E-state index in [4.69, 9.17) is 5.73 Å². The number of nitrogens with zero attached hydrogens (tertiary/aromatic N) is 2. The third-order valence-electron chi connectivity index (χ3n) is 4.20. The fourth-order valence-corrected chi connectivity index (χ4v) is 3.89. The van der Waals surface area contributed by atoms with Gasteiger partial charge in [-0.3, -0.25) is 0 Å². The van der Waals surface area contributed by atoms with Crippen LogP contribution in [0, 0.1) is 5.41 Å². The van der Waals surface area contributed by atoms with Crippen LogP contribution in [0.15, 0.2) is 23.2 Å². The molecule has 0 radical (unpaired) electrons. The first-order valence-corrected chi connectivity index (χ1v) is 8.04. The molecule has 2 rings (SSSR count). The highest BCUT2D eigenvalue weighted by atomic mass is 32.2. The summed E-state index contributed by atoms with van der Waals surface area (Å²) >= 11 is 0. The minimum Gasteiger partial charge on any atom is -0.383 e. The molecule has 2 N–H and O–H groups in total. The average molecular weight is 283 g/mol. The van der Waals surface area contributed by atoms with E-state index in [1.165, 1.54) is 16.6 Å². The van der Waals surface area contributed by atoms with Crippen molar-refractivity contribution in [1.29, 1.82) is 0 Å². The molecule has 1 saturated heterocycles. The Morgan fingerprint density at radius 1 is 1.42 bits per heavy atom. The zero-order valence-electron chi connectivity index (χ0n) is 11.5. The van der Waals surface area contributed by atoms with Crippen LogP contribution in [0.1, 0.15) is 33.1 Å². The molecule has 106 valence electrons. The summed E-state index contributed by atoms with van der Waals surface area (Å²) in [7, 11) is -3.51. The Morgan fingerprint density at radius 2 is 2.05 bits per heavy atom. The number of nitrogens with two attached hydrogens (primary N) is 1. The lowest BCUT2D eigenvalue weighted by molar-refractivity contribution is 0.169. The van der Waals surface area contributed by atoms with Gasteiger partial charge in [-0.05, 0) is 30.4 Å². The predicted octanol–water partition coefficient (Wildman–Crippen LogP) is 1.86. The topological polar surface area (TPSA) is 76.3 Å². The molecule has 1 fully saturated rings. The van der Waals surface area contributed by atoms with Gasteiger partial charge in [0.25, 0.3) is 0 Å². The zero-order valence-corrected chi connectivity index (χ0v) is 12.3. The number of hydrogen-bond acceptors (Lipinski definition) is 4. The molecule has 19 heavy (non-hydrogen) atoms. The first kappa shape index (κ1) is 14.3. The van der Waals surface area contributed by atoms with Crippen molar-refractivity contribution in [3.63, 3.8) is 0 Å². The number of piperidine rings is 1. The van der Waals surface area contributed by atoms with Crippen LogP contribution in [0.3, 0.4) is 0 Å². The van der Waals surface area contributed by atoms with Crippen molar-refractivity contribution >= 4 is 15.8 Å². The highest BCUT2D eigenvalue weighted by molar-refractivity contribution is 7.89. The molecule has 1 aliphatic heterocycles. The summed E-state index contributed by atoms with van der Waals surface area (Å²) in [4.78, 5) is 3.98. The first-order chi connectivity index (χ1) is 8.89. The Morgan fingerprint density at radius 3 is 2.58 bits per heavy atom. The van der Waals surface area contributed by atoms with Crippen LogP contribution in [-0.4, -0.2) is 30.8 Å². The first-order valence-electron chi connectivity index (χ1n) is 6.60. The highest BCUT2D eigenvalue weighted by Crippen LogP contribution is 2.36. The normalized spacial score (nSPS) is 20.3. The van der Waals surface area contributed by atoms with E-state index in [0.29, 0.717) is 13.1 Å². The lowest BCUT2D eigenvalue weighted by atomic mass is 9.79. The summed E-state index contributed by atoms with van der Waals surface area (Å²) in [5.41, 5.74) is 5.93. The summed E-state index contributed by atoms with van der Waals surface area (Å²) in [6.07, 6.45) is 4.36. The molecule has 1 aromatic heterocycles. The van der Waals surface area contributed by atoms with Gasteiger partial charge in [0.1, 0.15) is 10.7 Å². The molecule has 5 nitrogen and oxygen atoms in total. The van der Waals surface area contributed by atoms with E-state index < -0.39 is 10.0 Å². The largest absolute Gasteiger partial charge is 0.383 e. The molecule has 2 heterocycles. The summed E-state index contributed by atoms with van der Waals surface area (Å²) in [6.45, 7) is 5.49. The van der Waals surface area contributed by atoms with Crippen LogP contribution >= 0.6 is 0 Å². The van der Waals surface area contributed by atoms with Crippen LogP contribution in [0.5, 0.6) is 0 Å². The molecule has 0 amide bonds. The number of sulfonamides is 1. The number of nitrogen functional groups attached to an aromatic ring is 1. The van der Waals surface area contributed by atoms with E-state index in [1.807, 2.05) is 0 Å². The van der Waals surface area contributed by atoms with E-state index in [2.05, 4.69) is 18.8 Å². The van der Waals surface area contributed by atoms with Gasteiger partial charge in [-0.15, -0.1) is 0 Å². The molecular weight excluding hydrogens is 262 g/mol. The summed E-state index contributed by atoms with van der Waals surface area (Å²) < 4.78 is 26.6. The van der Waals surface area contributed by atoms with Crippen LogP contribution in [0.2, 0.25) is 0 Å². The van der Waals surface area contributed by atoms with Crippen LogP contribution in [0.25, 0.3) is 0 Å². The summed E-state index contributed by atoms with van der Waals surface area (Å²) in [5, 5.41) is 0.